The Morgan fingerprint density at radius 1 is 1.53 bits per heavy atom. The molecule has 0 amide bonds. The predicted molar refractivity (Wildman–Crippen MR) is 41.2 cm³/mol. The molecule has 0 spiro atoms. The summed E-state index contributed by atoms with van der Waals surface area (Å²) in [5.41, 5.74) is -3.43. The van der Waals surface area contributed by atoms with Crippen LogP contribution in [0.1, 0.15) is 22.5 Å². The molecular formula is C7H3F3N2O3. The highest BCUT2D eigenvalue weighted by Gasteiger charge is 2.29. The van der Waals surface area contributed by atoms with Gasteiger partial charge in [-0.05, 0) is 0 Å². The number of halogens is 3. The number of nitrogens with zero attached hydrogens (tertiary/aromatic N) is 2. The Labute approximate surface area is 80.7 Å². The molecule has 0 atom stereocenters. The highest BCUT2D eigenvalue weighted by molar-refractivity contribution is 5.74. The molecule has 1 aromatic rings. The fraction of sp³-hybridized carbons (Fsp3) is 0.143. The molecule has 0 aliphatic rings. The van der Waals surface area contributed by atoms with Crippen LogP contribution in [0.5, 0.6) is 0 Å². The van der Waals surface area contributed by atoms with Crippen LogP contribution in [-0.2, 0) is 0 Å². The van der Waals surface area contributed by atoms with Gasteiger partial charge in [0.2, 0.25) is 5.82 Å². The van der Waals surface area contributed by atoms with Gasteiger partial charge in [-0.2, -0.15) is 4.39 Å². The molecule has 8 heteroatoms. The molecule has 0 fully saturated rings. The standard InChI is InChI=1S/C7H3F3N2O3/c8-5-4(2-13)11-1-3(7(9)10)6(5)12(14)15/h1-2,7H. The van der Waals surface area contributed by atoms with Gasteiger partial charge in [-0.25, -0.2) is 13.8 Å². The fourth-order valence-corrected chi connectivity index (χ4v) is 0.932. The summed E-state index contributed by atoms with van der Waals surface area (Å²) in [5, 5.41) is 10.3. The van der Waals surface area contributed by atoms with E-state index in [9.17, 15) is 28.1 Å². The van der Waals surface area contributed by atoms with Crippen molar-refractivity contribution in [1.29, 1.82) is 0 Å². The average Bonchev–Trinajstić information content (AvgIpc) is 2.16. The minimum atomic E-state index is -3.23. The van der Waals surface area contributed by atoms with Gasteiger partial charge in [0.05, 0.1) is 4.92 Å². The van der Waals surface area contributed by atoms with Gasteiger partial charge in [0.25, 0.3) is 6.43 Å². The molecule has 5 nitrogen and oxygen atoms in total. The van der Waals surface area contributed by atoms with Crippen LogP contribution in [0.15, 0.2) is 6.20 Å². The first-order valence-electron chi connectivity index (χ1n) is 3.55. The molecule has 0 saturated carbocycles. The lowest BCUT2D eigenvalue weighted by molar-refractivity contribution is -0.389. The molecule has 1 aromatic heterocycles. The van der Waals surface area contributed by atoms with E-state index in [0.717, 1.165) is 0 Å². The van der Waals surface area contributed by atoms with E-state index in [-0.39, 0.29) is 6.29 Å². The van der Waals surface area contributed by atoms with E-state index >= 15 is 0 Å². The number of nitro groups is 1. The Balaban J connectivity index is 3.51. The largest absolute Gasteiger partial charge is 0.317 e. The van der Waals surface area contributed by atoms with Crippen LogP contribution in [0.4, 0.5) is 18.9 Å². The Hall–Kier alpha value is -1.99. The molecule has 0 saturated heterocycles. The number of rotatable bonds is 3. The predicted octanol–water partition coefficient (Wildman–Crippen LogP) is 1.88. The number of carbonyl (C=O) groups excluding carboxylic acids is 1. The zero-order valence-corrected chi connectivity index (χ0v) is 6.99. The van der Waals surface area contributed by atoms with Crippen molar-refractivity contribution >= 4 is 12.0 Å². The lowest BCUT2D eigenvalue weighted by Crippen LogP contribution is -2.04. The highest BCUT2D eigenvalue weighted by Crippen LogP contribution is 2.30. The summed E-state index contributed by atoms with van der Waals surface area (Å²) in [6, 6.07) is 0. The molecular weight excluding hydrogens is 217 g/mol. The van der Waals surface area contributed by atoms with Crippen LogP contribution in [-0.4, -0.2) is 16.2 Å². The summed E-state index contributed by atoms with van der Waals surface area (Å²) >= 11 is 0. The van der Waals surface area contributed by atoms with E-state index in [1.807, 2.05) is 0 Å². The van der Waals surface area contributed by atoms with Crippen LogP contribution < -0.4 is 0 Å². The topological polar surface area (TPSA) is 73.1 Å². The molecule has 0 unspecified atom stereocenters. The van der Waals surface area contributed by atoms with Crippen molar-refractivity contribution in [2.24, 2.45) is 0 Å². The second-order valence-electron chi connectivity index (χ2n) is 2.44. The first kappa shape index (κ1) is 11.1. The Kier molecular flexibility index (Phi) is 2.98. The number of hydrogen-bond acceptors (Lipinski definition) is 4. The van der Waals surface area contributed by atoms with Crippen LogP contribution in [0.25, 0.3) is 0 Å². The molecule has 0 N–H and O–H groups in total. The van der Waals surface area contributed by atoms with Crippen LogP contribution in [0.3, 0.4) is 0 Å². The zero-order valence-electron chi connectivity index (χ0n) is 6.99. The number of hydrogen-bond donors (Lipinski definition) is 0. The van der Waals surface area contributed by atoms with Gasteiger partial charge >= 0.3 is 5.69 Å². The smallest absolute Gasteiger partial charge is 0.296 e. The van der Waals surface area contributed by atoms with Crippen molar-refractivity contribution in [3.8, 4) is 0 Å². The number of carbonyl (C=O) groups is 1. The van der Waals surface area contributed by atoms with Crippen molar-refractivity contribution in [3.63, 3.8) is 0 Å². The average molecular weight is 220 g/mol. The van der Waals surface area contributed by atoms with Crippen LogP contribution in [0, 0.1) is 15.9 Å². The molecule has 1 heterocycles. The number of alkyl halides is 2. The maximum Gasteiger partial charge on any atom is 0.317 e. The third-order valence-electron chi connectivity index (χ3n) is 1.58. The Morgan fingerprint density at radius 3 is 2.53 bits per heavy atom. The summed E-state index contributed by atoms with van der Waals surface area (Å²) in [5.74, 6) is -1.65. The van der Waals surface area contributed by atoms with E-state index in [4.69, 9.17) is 0 Å². The molecule has 0 bridgehead atoms. The fourth-order valence-electron chi connectivity index (χ4n) is 0.932. The van der Waals surface area contributed by atoms with E-state index in [2.05, 4.69) is 4.98 Å². The quantitative estimate of drug-likeness (QED) is 0.442. The zero-order chi connectivity index (χ0) is 11.6. The monoisotopic (exact) mass is 220 g/mol. The van der Waals surface area contributed by atoms with Crippen LogP contribution in [0.2, 0.25) is 0 Å². The van der Waals surface area contributed by atoms with Gasteiger partial charge < -0.3 is 0 Å². The van der Waals surface area contributed by atoms with Gasteiger partial charge in [0, 0.05) is 6.20 Å². The van der Waals surface area contributed by atoms with E-state index in [1.54, 1.807) is 0 Å². The van der Waals surface area contributed by atoms with Crippen molar-refractivity contribution in [2.45, 2.75) is 6.43 Å². The third kappa shape index (κ3) is 1.92. The van der Waals surface area contributed by atoms with Gasteiger partial charge in [0.15, 0.2) is 6.29 Å². The third-order valence-corrected chi connectivity index (χ3v) is 1.58. The van der Waals surface area contributed by atoms with Crippen molar-refractivity contribution in [1.82, 2.24) is 4.98 Å². The summed E-state index contributed by atoms with van der Waals surface area (Å²) in [6.07, 6.45) is -2.90. The first-order chi connectivity index (χ1) is 6.99. The lowest BCUT2D eigenvalue weighted by atomic mass is 10.2. The molecule has 0 aliphatic carbocycles. The summed E-state index contributed by atoms with van der Waals surface area (Å²) in [6.45, 7) is 0. The van der Waals surface area contributed by atoms with Crippen LogP contribution >= 0.6 is 0 Å². The molecule has 0 aromatic carbocycles. The van der Waals surface area contributed by atoms with Crippen molar-refractivity contribution in [3.05, 3.63) is 33.4 Å². The molecule has 1 rings (SSSR count). The SMILES string of the molecule is O=Cc1ncc(C(F)F)c([N+](=O)[O-])c1F. The maximum absolute atomic E-state index is 13.1. The van der Waals surface area contributed by atoms with Gasteiger partial charge in [-0.1, -0.05) is 0 Å². The summed E-state index contributed by atoms with van der Waals surface area (Å²) in [4.78, 5) is 22.2. The maximum atomic E-state index is 13.1. The minimum Gasteiger partial charge on any atom is -0.296 e. The number of pyridine rings is 1. The first-order valence-corrected chi connectivity index (χ1v) is 3.55. The lowest BCUT2D eigenvalue weighted by Gasteiger charge is -2.02. The van der Waals surface area contributed by atoms with E-state index in [0.29, 0.717) is 6.20 Å². The van der Waals surface area contributed by atoms with Crippen molar-refractivity contribution in [2.75, 3.05) is 0 Å². The normalized spacial score (nSPS) is 10.4. The molecule has 80 valence electrons. The summed E-state index contributed by atoms with van der Waals surface area (Å²) < 4.78 is 37.5. The van der Waals surface area contributed by atoms with Gasteiger partial charge in [0.1, 0.15) is 11.3 Å². The molecule has 0 aliphatic heterocycles. The number of aldehydes is 1. The van der Waals surface area contributed by atoms with E-state index < -0.39 is 34.1 Å². The summed E-state index contributed by atoms with van der Waals surface area (Å²) in [7, 11) is 0. The van der Waals surface area contributed by atoms with Gasteiger partial charge in [-0.15, -0.1) is 0 Å². The molecule has 0 radical (unpaired) electrons. The highest BCUT2D eigenvalue weighted by atomic mass is 19.3. The molecule has 15 heavy (non-hydrogen) atoms. The Morgan fingerprint density at radius 2 is 2.13 bits per heavy atom. The van der Waals surface area contributed by atoms with Gasteiger partial charge in [-0.3, -0.25) is 14.9 Å². The second-order valence-corrected chi connectivity index (χ2v) is 2.44. The van der Waals surface area contributed by atoms with E-state index in [1.165, 1.54) is 0 Å². The minimum absolute atomic E-state index is 0.0857. The van der Waals surface area contributed by atoms with Crippen molar-refractivity contribution < 1.29 is 22.9 Å². The Bertz CT molecular complexity index is 422. The second kappa shape index (κ2) is 4.03. The number of aromatic nitrogens is 1.